The minimum absolute atomic E-state index is 0.336. The zero-order valence-corrected chi connectivity index (χ0v) is 14.4. The van der Waals surface area contributed by atoms with Crippen LogP contribution in [-0.2, 0) is 0 Å². The number of nitrogens with zero attached hydrogens (tertiary/aromatic N) is 2. The molecule has 1 saturated carbocycles. The van der Waals surface area contributed by atoms with Gasteiger partial charge in [-0.3, -0.25) is 5.32 Å². The van der Waals surface area contributed by atoms with Crippen molar-refractivity contribution in [3.05, 3.63) is 0 Å². The first kappa shape index (κ1) is 16.8. The van der Waals surface area contributed by atoms with E-state index in [2.05, 4.69) is 44.0 Å². The smallest absolute Gasteiger partial charge is 0.105 e. The molecular formula is C18H33N3. The molecule has 120 valence electrons. The molecule has 1 saturated heterocycles. The van der Waals surface area contributed by atoms with Crippen LogP contribution in [0.2, 0.25) is 0 Å². The number of rotatable bonds is 5. The summed E-state index contributed by atoms with van der Waals surface area (Å²) in [5.74, 6) is 0.842. The van der Waals surface area contributed by atoms with Gasteiger partial charge in [0.2, 0.25) is 0 Å². The highest BCUT2D eigenvalue weighted by atomic mass is 15.1. The normalized spacial score (nSPS) is 27.7. The molecule has 2 rings (SSSR count). The maximum atomic E-state index is 9.46. The molecule has 3 nitrogen and oxygen atoms in total. The number of likely N-dealkylation sites (tertiary alicyclic amines) is 1. The first-order valence-corrected chi connectivity index (χ1v) is 8.74. The second kappa shape index (κ2) is 6.67. The molecule has 0 amide bonds. The lowest BCUT2D eigenvalue weighted by Gasteiger charge is -2.30. The zero-order valence-electron chi connectivity index (χ0n) is 14.4. The second-order valence-corrected chi connectivity index (χ2v) is 8.45. The van der Waals surface area contributed by atoms with Crippen LogP contribution in [0.4, 0.5) is 0 Å². The zero-order chi connectivity index (χ0) is 15.5. The average Bonchev–Trinajstić information content (AvgIpc) is 3.21. The SMILES string of the molecule is CC(C#N)(CCN1CCCC(C(C)(C)C)CC1)NC1CC1. The van der Waals surface area contributed by atoms with E-state index in [0.29, 0.717) is 11.5 Å². The quantitative estimate of drug-likeness (QED) is 0.842. The molecule has 0 aromatic heterocycles. The Labute approximate surface area is 131 Å². The summed E-state index contributed by atoms with van der Waals surface area (Å²) in [6, 6.07) is 3.10. The third kappa shape index (κ3) is 5.27. The Hall–Kier alpha value is -0.590. The summed E-state index contributed by atoms with van der Waals surface area (Å²) >= 11 is 0. The Bertz CT molecular complexity index is 375. The molecule has 1 aliphatic carbocycles. The van der Waals surface area contributed by atoms with Crippen molar-refractivity contribution in [1.29, 1.82) is 5.26 Å². The molecule has 2 atom stereocenters. The van der Waals surface area contributed by atoms with Crippen LogP contribution in [0, 0.1) is 22.7 Å². The van der Waals surface area contributed by atoms with Gasteiger partial charge in [0, 0.05) is 12.6 Å². The van der Waals surface area contributed by atoms with E-state index in [9.17, 15) is 5.26 Å². The summed E-state index contributed by atoms with van der Waals surface area (Å²) < 4.78 is 0. The van der Waals surface area contributed by atoms with Gasteiger partial charge >= 0.3 is 0 Å². The van der Waals surface area contributed by atoms with Gasteiger partial charge in [-0.05, 0) is 69.9 Å². The minimum Gasteiger partial charge on any atom is -0.303 e. The molecule has 2 aliphatic rings. The van der Waals surface area contributed by atoms with Gasteiger partial charge in [0.05, 0.1) is 6.07 Å². The number of nitrogens with one attached hydrogen (secondary N) is 1. The van der Waals surface area contributed by atoms with Crippen molar-refractivity contribution in [1.82, 2.24) is 10.2 Å². The highest BCUT2D eigenvalue weighted by molar-refractivity contribution is 5.07. The fourth-order valence-corrected chi connectivity index (χ4v) is 3.47. The third-order valence-electron chi connectivity index (χ3n) is 5.32. The highest BCUT2D eigenvalue weighted by Crippen LogP contribution is 2.34. The van der Waals surface area contributed by atoms with Crippen molar-refractivity contribution >= 4 is 0 Å². The minimum atomic E-state index is -0.336. The van der Waals surface area contributed by atoms with Crippen LogP contribution in [0.1, 0.15) is 66.2 Å². The molecule has 1 N–H and O–H groups in total. The van der Waals surface area contributed by atoms with Crippen molar-refractivity contribution in [3.63, 3.8) is 0 Å². The van der Waals surface area contributed by atoms with Gasteiger partial charge in [0.15, 0.2) is 0 Å². The van der Waals surface area contributed by atoms with Gasteiger partial charge < -0.3 is 4.90 Å². The van der Waals surface area contributed by atoms with Gasteiger partial charge in [-0.25, -0.2) is 0 Å². The van der Waals surface area contributed by atoms with Crippen molar-refractivity contribution in [3.8, 4) is 6.07 Å². The molecule has 21 heavy (non-hydrogen) atoms. The molecule has 0 spiro atoms. The number of hydrogen-bond donors (Lipinski definition) is 1. The number of nitriles is 1. The predicted octanol–water partition coefficient (Wildman–Crippen LogP) is 3.56. The van der Waals surface area contributed by atoms with Crippen molar-refractivity contribution in [2.24, 2.45) is 11.3 Å². The molecular weight excluding hydrogens is 258 g/mol. The van der Waals surface area contributed by atoms with Gasteiger partial charge in [0.25, 0.3) is 0 Å². The molecule has 0 bridgehead atoms. The summed E-state index contributed by atoms with van der Waals surface area (Å²) in [6.45, 7) is 12.7. The van der Waals surface area contributed by atoms with E-state index in [1.165, 1.54) is 45.2 Å². The van der Waals surface area contributed by atoms with Crippen LogP contribution < -0.4 is 5.32 Å². The Balaban J connectivity index is 1.79. The second-order valence-electron chi connectivity index (χ2n) is 8.45. The molecule has 2 unspecified atom stereocenters. The van der Waals surface area contributed by atoms with E-state index in [1.54, 1.807) is 0 Å². The molecule has 0 aromatic rings. The van der Waals surface area contributed by atoms with E-state index in [4.69, 9.17) is 0 Å². The molecule has 1 heterocycles. The van der Waals surface area contributed by atoms with Gasteiger partial charge in [-0.2, -0.15) is 5.26 Å². The fraction of sp³-hybridized carbons (Fsp3) is 0.944. The molecule has 0 radical (unpaired) electrons. The molecule has 0 aromatic carbocycles. The van der Waals surface area contributed by atoms with Crippen LogP contribution in [0.3, 0.4) is 0 Å². The van der Waals surface area contributed by atoms with Crippen LogP contribution >= 0.6 is 0 Å². The molecule has 2 fully saturated rings. The first-order valence-electron chi connectivity index (χ1n) is 8.74. The van der Waals surface area contributed by atoms with Crippen LogP contribution in [0.25, 0.3) is 0 Å². The number of hydrogen-bond acceptors (Lipinski definition) is 3. The molecule has 1 aliphatic heterocycles. The average molecular weight is 291 g/mol. The Kier molecular flexibility index (Phi) is 5.33. The lowest BCUT2D eigenvalue weighted by atomic mass is 9.77. The predicted molar refractivity (Wildman–Crippen MR) is 88.0 cm³/mol. The summed E-state index contributed by atoms with van der Waals surface area (Å²) in [5.41, 5.74) is 0.0988. The Morgan fingerprint density at radius 1 is 1.10 bits per heavy atom. The van der Waals surface area contributed by atoms with Crippen molar-refractivity contribution in [2.45, 2.75) is 77.8 Å². The fourth-order valence-electron chi connectivity index (χ4n) is 3.47. The summed E-state index contributed by atoms with van der Waals surface area (Å²) in [6.07, 6.45) is 7.41. The molecule has 3 heteroatoms. The van der Waals surface area contributed by atoms with Crippen LogP contribution in [0.5, 0.6) is 0 Å². The van der Waals surface area contributed by atoms with E-state index < -0.39 is 0 Å². The van der Waals surface area contributed by atoms with Crippen molar-refractivity contribution < 1.29 is 0 Å². The maximum absolute atomic E-state index is 9.46. The van der Waals surface area contributed by atoms with Crippen molar-refractivity contribution in [2.75, 3.05) is 19.6 Å². The van der Waals surface area contributed by atoms with Gasteiger partial charge in [-0.1, -0.05) is 20.8 Å². The van der Waals surface area contributed by atoms with Crippen LogP contribution in [-0.4, -0.2) is 36.1 Å². The summed E-state index contributed by atoms with van der Waals surface area (Å²) in [7, 11) is 0. The lowest BCUT2D eigenvalue weighted by Crippen LogP contribution is -2.45. The highest BCUT2D eigenvalue weighted by Gasteiger charge is 2.33. The van der Waals surface area contributed by atoms with E-state index in [1.807, 2.05) is 0 Å². The summed E-state index contributed by atoms with van der Waals surface area (Å²) in [5, 5.41) is 13.0. The Morgan fingerprint density at radius 3 is 2.38 bits per heavy atom. The van der Waals surface area contributed by atoms with Crippen LogP contribution in [0.15, 0.2) is 0 Å². The topological polar surface area (TPSA) is 39.1 Å². The largest absolute Gasteiger partial charge is 0.303 e. The van der Waals surface area contributed by atoms with E-state index in [-0.39, 0.29) is 5.54 Å². The third-order valence-corrected chi connectivity index (χ3v) is 5.32. The standard InChI is InChI=1S/C18H33N3/c1-17(2,3)15-6-5-11-21(12-9-15)13-10-18(4,14-19)20-16-7-8-16/h15-16,20H,5-13H2,1-4H3. The first-order chi connectivity index (χ1) is 9.82. The van der Waals surface area contributed by atoms with Gasteiger partial charge in [0.1, 0.15) is 5.54 Å². The lowest BCUT2D eigenvalue weighted by molar-refractivity contribution is 0.204. The maximum Gasteiger partial charge on any atom is 0.105 e. The summed E-state index contributed by atoms with van der Waals surface area (Å²) in [4.78, 5) is 2.58. The van der Waals surface area contributed by atoms with E-state index >= 15 is 0 Å². The Morgan fingerprint density at radius 2 is 1.81 bits per heavy atom. The monoisotopic (exact) mass is 291 g/mol. The van der Waals surface area contributed by atoms with E-state index in [0.717, 1.165) is 18.9 Å². The van der Waals surface area contributed by atoms with Gasteiger partial charge in [-0.15, -0.1) is 0 Å².